The van der Waals surface area contributed by atoms with E-state index in [1.807, 2.05) is 0 Å². The Morgan fingerprint density at radius 1 is 1.12 bits per heavy atom. The number of carbonyl (C=O) groups is 2. The Hall–Kier alpha value is -2.37. The molecule has 2 rings (SSSR count). The maximum absolute atomic E-state index is 14.6. The van der Waals surface area contributed by atoms with Gasteiger partial charge in [-0.25, -0.2) is 17.6 Å². The summed E-state index contributed by atoms with van der Waals surface area (Å²) in [5.74, 6) is -12.0. The van der Waals surface area contributed by atoms with Crippen LogP contribution in [-0.2, 0) is 25.2 Å². The van der Waals surface area contributed by atoms with E-state index in [0.29, 0.717) is 11.3 Å². The first kappa shape index (κ1) is 25.9. The summed E-state index contributed by atoms with van der Waals surface area (Å²) in [5.41, 5.74) is -5.16. The SMILES string of the molecule is CCOC(=O)CC1CC(C)(CCOC)CC(=O)N1c1c(F)c(F)c(C(F)(F)F)c(F)c1F. The molecule has 32 heavy (non-hydrogen) atoms. The van der Waals surface area contributed by atoms with Crippen molar-refractivity contribution < 1.29 is 49.8 Å². The Bertz CT molecular complexity index is 861. The van der Waals surface area contributed by atoms with E-state index in [0.717, 1.165) is 0 Å². The molecule has 0 aliphatic carbocycles. The second-order valence-electron chi connectivity index (χ2n) is 7.84. The van der Waals surface area contributed by atoms with Crippen LogP contribution < -0.4 is 4.90 Å². The van der Waals surface area contributed by atoms with Crippen LogP contribution in [0.15, 0.2) is 0 Å². The van der Waals surface area contributed by atoms with Gasteiger partial charge < -0.3 is 14.4 Å². The average Bonchev–Trinajstić information content (AvgIpc) is 2.66. The molecule has 0 N–H and O–H groups in total. The molecular formula is C20H22F7NO4. The second-order valence-corrected chi connectivity index (χ2v) is 7.84. The van der Waals surface area contributed by atoms with Gasteiger partial charge in [-0.15, -0.1) is 0 Å². The molecule has 180 valence electrons. The number of esters is 1. The van der Waals surface area contributed by atoms with Crippen molar-refractivity contribution in [2.75, 3.05) is 25.2 Å². The zero-order valence-electron chi connectivity index (χ0n) is 17.5. The van der Waals surface area contributed by atoms with E-state index in [1.54, 1.807) is 6.92 Å². The third kappa shape index (κ3) is 5.16. The first-order valence-corrected chi connectivity index (χ1v) is 9.67. The van der Waals surface area contributed by atoms with Crippen molar-refractivity contribution in [2.24, 2.45) is 5.41 Å². The Morgan fingerprint density at radius 2 is 1.69 bits per heavy atom. The monoisotopic (exact) mass is 473 g/mol. The summed E-state index contributed by atoms with van der Waals surface area (Å²) < 4.78 is 106. The topological polar surface area (TPSA) is 55.8 Å². The van der Waals surface area contributed by atoms with Crippen molar-refractivity contribution in [3.05, 3.63) is 28.8 Å². The maximum atomic E-state index is 14.6. The largest absolute Gasteiger partial charge is 0.466 e. The predicted molar refractivity (Wildman–Crippen MR) is 97.6 cm³/mol. The summed E-state index contributed by atoms with van der Waals surface area (Å²) in [4.78, 5) is 25.2. The van der Waals surface area contributed by atoms with Crippen molar-refractivity contribution in [3.63, 3.8) is 0 Å². The molecule has 0 radical (unpaired) electrons. The van der Waals surface area contributed by atoms with Crippen LogP contribution in [0.3, 0.4) is 0 Å². The van der Waals surface area contributed by atoms with Gasteiger partial charge in [0.1, 0.15) is 11.3 Å². The number of amides is 1. The van der Waals surface area contributed by atoms with Crippen LogP contribution in [-0.4, -0.2) is 38.2 Å². The zero-order chi connectivity index (χ0) is 24.4. The van der Waals surface area contributed by atoms with Gasteiger partial charge >= 0.3 is 12.1 Å². The van der Waals surface area contributed by atoms with E-state index in [2.05, 4.69) is 0 Å². The lowest BCUT2D eigenvalue weighted by atomic mass is 9.73. The normalized spacial score (nSPS) is 21.8. The molecule has 1 aromatic carbocycles. The quantitative estimate of drug-likeness (QED) is 0.326. The number of benzene rings is 1. The molecule has 0 spiro atoms. The number of carbonyl (C=O) groups excluding carboxylic acids is 2. The summed E-state index contributed by atoms with van der Waals surface area (Å²) in [6.45, 7) is 3.30. The van der Waals surface area contributed by atoms with E-state index in [9.17, 15) is 40.3 Å². The Labute approximate surface area is 179 Å². The molecule has 5 nitrogen and oxygen atoms in total. The van der Waals surface area contributed by atoms with Crippen molar-refractivity contribution in [1.29, 1.82) is 0 Å². The Morgan fingerprint density at radius 3 is 2.16 bits per heavy atom. The maximum Gasteiger partial charge on any atom is 0.422 e. The van der Waals surface area contributed by atoms with Crippen LogP contribution in [0.25, 0.3) is 0 Å². The van der Waals surface area contributed by atoms with Gasteiger partial charge in [-0.3, -0.25) is 9.59 Å². The zero-order valence-corrected chi connectivity index (χ0v) is 17.5. The highest BCUT2D eigenvalue weighted by atomic mass is 19.4. The molecule has 1 fully saturated rings. The number of piperidine rings is 1. The number of halogens is 7. The molecule has 1 aliphatic rings. The first-order chi connectivity index (χ1) is 14.8. The van der Waals surface area contributed by atoms with Crippen molar-refractivity contribution in [2.45, 2.75) is 51.7 Å². The molecule has 0 saturated carbocycles. The molecule has 1 heterocycles. The van der Waals surface area contributed by atoms with Gasteiger partial charge in [-0.05, 0) is 25.2 Å². The summed E-state index contributed by atoms with van der Waals surface area (Å²) in [6, 6.07) is -1.32. The Balaban J connectivity index is 2.62. The molecule has 1 aliphatic heterocycles. The molecule has 0 bridgehead atoms. The molecule has 2 atom stereocenters. The van der Waals surface area contributed by atoms with Gasteiger partial charge in [-0.1, -0.05) is 6.92 Å². The second kappa shape index (κ2) is 9.63. The summed E-state index contributed by atoms with van der Waals surface area (Å²) in [5, 5.41) is 0. The lowest BCUT2D eigenvalue weighted by molar-refractivity contribution is -0.144. The highest BCUT2D eigenvalue weighted by Gasteiger charge is 2.48. The van der Waals surface area contributed by atoms with Crippen LogP contribution in [0, 0.1) is 28.7 Å². The molecule has 1 saturated heterocycles. The minimum Gasteiger partial charge on any atom is -0.466 e. The molecule has 2 unspecified atom stereocenters. The molecule has 1 amide bonds. The van der Waals surface area contributed by atoms with Crippen LogP contribution in [0.4, 0.5) is 36.4 Å². The van der Waals surface area contributed by atoms with E-state index >= 15 is 0 Å². The lowest BCUT2D eigenvalue weighted by Crippen LogP contribution is -2.52. The van der Waals surface area contributed by atoms with Gasteiger partial charge in [0.15, 0.2) is 23.3 Å². The Kier molecular flexibility index (Phi) is 7.79. The number of rotatable bonds is 7. The van der Waals surface area contributed by atoms with Crippen LogP contribution >= 0.6 is 0 Å². The van der Waals surface area contributed by atoms with E-state index in [-0.39, 0.29) is 26.1 Å². The van der Waals surface area contributed by atoms with Gasteiger partial charge in [0.05, 0.1) is 13.0 Å². The van der Waals surface area contributed by atoms with Crippen molar-refractivity contribution >= 4 is 17.6 Å². The van der Waals surface area contributed by atoms with Gasteiger partial charge in [-0.2, -0.15) is 13.2 Å². The van der Waals surface area contributed by atoms with Crippen LogP contribution in [0.1, 0.15) is 45.1 Å². The van der Waals surface area contributed by atoms with Crippen LogP contribution in [0.5, 0.6) is 0 Å². The molecule has 1 aromatic rings. The highest BCUT2D eigenvalue weighted by molar-refractivity contribution is 5.96. The van der Waals surface area contributed by atoms with E-state index in [4.69, 9.17) is 9.47 Å². The van der Waals surface area contributed by atoms with Gasteiger partial charge in [0, 0.05) is 26.2 Å². The fourth-order valence-corrected chi connectivity index (χ4v) is 3.89. The minimum absolute atomic E-state index is 0.0489. The predicted octanol–water partition coefficient (Wildman–Crippen LogP) is 4.75. The summed E-state index contributed by atoms with van der Waals surface area (Å²) in [6.07, 6.45) is -6.40. The fourth-order valence-electron chi connectivity index (χ4n) is 3.89. The average molecular weight is 473 g/mol. The molecule has 12 heteroatoms. The fraction of sp³-hybridized carbons (Fsp3) is 0.600. The number of hydrogen-bond donors (Lipinski definition) is 0. The third-order valence-electron chi connectivity index (χ3n) is 5.32. The summed E-state index contributed by atoms with van der Waals surface area (Å²) in [7, 11) is 1.41. The standard InChI is InChI=1S/C20H22F7NO4/c1-4-32-12(30)7-10-8-19(2,5-6-31-3)9-11(29)28(10)18-16(23)14(21)13(20(25,26)27)15(22)17(18)24/h10H,4-9H2,1-3H3. The van der Waals surface area contributed by atoms with E-state index < -0.39 is 70.5 Å². The number of hydrogen-bond acceptors (Lipinski definition) is 4. The summed E-state index contributed by atoms with van der Waals surface area (Å²) >= 11 is 0. The highest BCUT2D eigenvalue weighted by Crippen LogP contribution is 2.45. The van der Waals surface area contributed by atoms with Crippen LogP contribution in [0.2, 0.25) is 0 Å². The molecule has 0 aromatic heterocycles. The van der Waals surface area contributed by atoms with Gasteiger partial charge in [0.2, 0.25) is 5.91 Å². The number of methoxy groups -OCH3 is 1. The molecular weight excluding hydrogens is 451 g/mol. The van der Waals surface area contributed by atoms with Crippen molar-refractivity contribution in [3.8, 4) is 0 Å². The van der Waals surface area contributed by atoms with E-state index in [1.165, 1.54) is 14.0 Å². The number of anilines is 1. The first-order valence-electron chi connectivity index (χ1n) is 9.67. The minimum atomic E-state index is -5.72. The lowest BCUT2D eigenvalue weighted by Gasteiger charge is -2.44. The van der Waals surface area contributed by atoms with Crippen molar-refractivity contribution in [1.82, 2.24) is 0 Å². The third-order valence-corrected chi connectivity index (χ3v) is 5.32. The number of alkyl halides is 3. The van der Waals surface area contributed by atoms with Gasteiger partial charge in [0.25, 0.3) is 0 Å². The number of nitrogens with zero attached hydrogens (tertiary/aromatic N) is 1. The smallest absolute Gasteiger partial charge is 0.422 e. The number of ether oxygens (including phenoxy) is 2.